The molecule has 0 unspecified atom stereocenters. The van der Waals surface area contributed by atoms with E-state index >= 15 is 0 Å². The van der Waals surface area contributed by atoms with E-state index in [1.54, 1.807) is 54.6 Å². The molecule has 3 rings (SSSR count). The minimum Gasteiger partial charge on any atom is -0.493 e. The van der Waals surface area contributed by atoms with Gasteiger partial charge in [0.05, 0.1) is 18.5 Å². The average Bonchev–Trinajstić information content (AvgIpc) is 3.23. The molecule has 1 aromatic heterocycles. The van der Waals surface area contributed by atoms with Crippen LogP contribution in [-0.4, -0.2) is 38.0 Å². The van der Waals surface area contributed by atoms with Crippen molar-refractivity contribution in [1.29, 1.82) is 0 Å². The molecule has 0 saturated heterocycles. The highest BCUT2D eigenvalue weighted by atomic mass is 32.1. The molecule has 0 saturated carbocycles. The van der Waals surface area contributed by atoms with Gasteiger partial charge in [0, 0.05) is 16.3 Å². The van der Waals surface area contributed by atoms with Crippen LogP contribution in [0.1, 0.15) is 14.5 Å². The largest absolute Gasteiger partial charge is 0.493 e. The van der Waals surface area contributed by atoms with E-state index in [9.17, 15) is 14.4 Å². The molecule has 32 heavy (non-hydrogen) atoms. The van der Waals surface area contributed by atoms with Crippen LogP contribution in [0.5, 0.6) is 11.5 Å². The number of anilines is 2. The summed E-state index contributed by atoms with van der Waals surface area (Å²) in [6.45, 7) is 1.54. The van der Waals surface area contributed by atoms with E-state index < -0.39 is 0 Å². The molecule has 9 heteroatoms. The molecular weight excluding hydrogens is 430 g/mol. The number of aryl methyl sites for hydroxylation is 1. The summed E-state index contributed by atoms with van der Waals surface area (Å²) in [6.07, 6.45) is 0. The molecule has 3 amide bonds. The molecule has 0 aliphatic carbocycles. The number of rotatable bonds is 9. The Kier molecular flexibility index (Phi) is 7.82. The molecule has 8 nitrogen and oxygen atoms in total. The highest BCUT2D eigenvalue weighted by Gasteiger charge is 2.11. The average molecular weight is 454 g/mol. The highest BCUT2D eigenvalue weighted by Crippen LogP contribution is 2.25. The quantitative estimate of drug-likeness (QED) is 0.460. The molecule has 0 spiro atoms. The van der Waals surface area contributed by atoms with Crippen LogP contribution in [0.2, 0.25) is 0 Å². The zero-order chi connectivity index (χ0) is 22.9. The molecule has 1 heterocycles. The molecule has 0 fully saturated rings. The first-order valence-corrected chi connectivity index (χ1v) is 10.6. The third kappa shape index (κ3) is 6.58. The summed E-state index contributed by atoms with van der Waals surface area (Å²) in [5, 5.41) is 7.99. The van der Waals surface area contributed by atoms with Gasteiger partial charge in [-0.15, -0.1) is 11.3 Å². The Labute approximate surface area is 189 Å². The van der Waals surface area contributed by atoms with Gasteiger partial charge in [0.25, 0.3) is 11.8 Å². The smallest absolute Gasteiger partial charge is 0.262 e. The summed E-state index contributed by atoms with van der Waals surface area (Å²) in [6, 6.07) is 17.3. The van der Waals surface area contributed by atoms with Gasteiger partial charge >= 0.3 is 0 Å². The molecule has 0 atom stereocenters. The Morgan fingerprint density at radius 2 is 1.56 bits per heavy atom. The number of hydrogen-bond acceptors (Lipinski definition) is 6. The molecule has 0 aliphatic heterocycles. The highest BCUT2D eigenvalue weighted by molar-refractivity contribution is 7.13. The minimum absolute atomic E-state index is 0.168. The Balaban J connectivity index is 1.48. The van der Waals surface area contributed by atoms with Crippen molar-refractivity contribution in [3.63, 3.8) is 0 Å². The summed E-state index contributed by atoms with van der Waals surface area (Å²) in [5.74, 6) is -0.0426. The van der Waals surface area contributed by atoms with Crippen LogP contribution in [0, 0.1) is 6.92 Å². The van der Waals surface area contributed by atoms with Crippen LogP contribution < -0.4 is 25.4 Å². The number of amides is 3. The van der Waals surface area contributed by atoms with Crippen molar-refractivity contribution in [2.45, 2.75) is 6.92 Å². The van der Waals surface area contributed by atoms with Gasteiger partial charge in [0.1, 0.15) is 0 Å². The molecular formula is C23H23N3O5S. The predicted molar refractivity (Wildman–Crippen MR) is 124 cm³/mol. The summed E-state index contributed by atoms with van der Waals surface area (Å²) in [7, 11) is 1.52. The first-order valence-electron chi connectivity index (χ1n) is 9.75. The first-order chi connectivity index (χ1) is 15.4. The lowest BCUT2D eigenvalue weighted by atomic mass is 10.2. The van der Waals surface area contributed by atoms with Crippen LogP contribution in [0.25, 0.3) is 0 Å². The first kappa shape index (κ1) is 22.8. The fourth-order valence-electron chi connectivity index (χ4n) is 2.76. The van der Waals surface area contributed by atoms with Crippen LogP contribution in [0.4, 0.5) is 11.4 Å². The van der Waals surface area contributed by atoms with Gasteiger partial charge in [-0.1, -0.05) is 18.2 Å². The molecule has 3 N–H and O–H groups in total. The Morgan fingerprint density at radius 3 is 2.22 bits per heavy atom. The van der Waals surface area contributed by atoms with E-state index in [1.165, 1.54) is 18.4 Å². The SMILES string of the molecule is COc1ccccc1OCC(=O)Nc1cccc(NC(=O)CNC(=O)c2ccc(C)s2)c1. The van der Waals surface area contributed by atoms with Crippen LogP contribution in [0.15, 0.2) is 60.7 Å². The number of ether oxygens (including phenoxy) is 2. The van der Waals surface area contributed by atoms with Crippen molar-refractivity contribution >= 4 is 40.4 Å². The van der Waals surface area contributed by atoms with Gasteiger partial charge in [-0.05, 0) is 49.4 Å². The second kappa shape index (κ2) is 11.0. The summed E-state index contributed by atoms with van der Waals surface area (Å²) < 4.78 is 10.7. The molecule has 0 radical (unpaired) electrons. The lowest BCUT2D eigenvalue weighted by Gasteiger charge is -2.11. The molecule has 3 aromatic rings. The van der Waals surface area contributed by atoms with E-state index in [0.717, 1.165) is 4.88 Å². The number of para-hydroxylation sites is 2. The standard InChI is InChI=1S/C23H23N3O5S/c1-15-10-11-20(32-15)23(29)24-13-21(27)25-16-6-5-7-17(12-16)26-22(28)14-31-19-9-4-3-8-18(19)30-2/h3-12H,13-14H2,1-2H3,(H,24,29)(H,25,27)(H,26,28). The predicted octanol–water partition coefficient (Wildman–Crippen LogP) is 3.45. The topological polar surface area (TPSA) is 106 Å². The zero-order valence-corrected chi connectivity index (χ0v) is 18.5. The fourth-order valence-corrected chi connectivity index (χ4v) is 3.55. The van der Waals surface area contributed by atoms with Gasteiger partial charge in [0.2, 0.25) is 5.91 Å². The van der Waals surface area contributed by atoms with Crippen LogP contribution in [0.3, 0.4) is 0 Å². The monoisotopic (exact) mass is 453 g/mol. The second-order valence-corrected chi connectivity index (χ2v) is 8.00. The zero-order valence-electron chi connectivity index (χ0n) is 17.6. The number of carbonyl (C=O) groups is 3. The number of thiophene rings is 1. The summed E-state index contributed by atoms with van der Waals surface area (Å²) in [4.78, 5) is 38.0. The number of benzene rings is 2. The Morgan fingerprint density at radius 1 is 0.875 bits per heavy atom. The third-order valence-corrected chi connectivity index (χ3v) is 5.23. The van der Waals surface area contributed by atoms with Crippen LogP contribution in [-0.2, 0) is 9.59 Å². The Hall–Kier alpha value is -3.85. The van der Waals surface area contributed by atoms with E-state index in [0.29, 0.717) is 27.8 Å². The van der Waals surface area contributed by atoms with Crippen LogP contribution >= 0.6 is 11.3 Å². The summed E-state index contributed by atoms with van der Waals surface area (Å²) in [5.41, 5.74) is 0.981. The number of methoxy groups -OCH3 is 1. The van der Waals surface area contributed by atoms with Gasteiger partial charge < -0.3 is 25.4 Å². The van der Waals surface area contributed by atoms with Crippen molar-refractivity contribution in [3.05, 3.63) is 70.4 Å². The lowest BCUT2D eigenvalue weighted by Crippen LogP contribution is -2.32. The maximum absolute atomic E-state index is 12.2. The van der Waals surface area contributed by atoms with Gasteiger partial charge in [-0.2, -0.15) is 0 Å². The van der Waals surface area contributed by atoms with Crippen molar-refractivity contribution in [1.82, 2.24) is 5.32 Å². The van der Waals surface area contributed by atoms with Crippen molar-refractivity contribution in [2.75, 3.05) is 30.9 Å². The third-order valence-electron chi connectivity index (χ3n) is 4.23. The van der Waals surface area contributed by atoms with Gasteiger partial charge in [-0.3, -0.25) is 14.4 Å². The lowest BCUT2D eigenvalue weighted by molar-refractivity contribution is -0.118. The number of nitrogens with one attached hydrogen (secondary N) is 3. The normalized spacial score (nSPS) is 10.2. The molecule has 0 bridgehead atoms. The fraction of sp³-hybridized carbons (Fsp3) is 0.174. The van der Waals surface area contributed by atoms with Gasteiger partial charge in [-0.25, -0.2) is 0 Å². The second-order valence-electron chi connectivity index (χ2n) is 6.71. The van der Waals surface area contributed by atoms with E-state index in [4.69, 9.17) is 9.47 Å². The molecule has 2 aromatic carbocycles. The number of carbonyl (C=O) groups excluding carboxylic acids is 3. The number of hydrogen-bond donors (Lipinski definition) is 3. The maximum atomic E-state index is 12.2. The minimum atomic E-state index is -0.380. The van der Waals surface area contributed by atoms with Crippen molar-refractivity contribution in [3.8, 4) is 11.5 Å². The van der Waals surface area contributed by atoms with E-state index in [2.05, 4.69) is 16.0 Å². The van der Waals surface area contributed by atoms with Gasteiger partial charge in [0.15, 0.2) is 18.1 Å². The van der Waals surface area contributed by atoms with E-state index in [-0.39, 0.29) is 30.9 Å². The van der Waals surface area contributed by atoms with Crippen molar-refractivity contribution < 1.29 is 23.9 Å². The molecule has 166 valence electrons. The Bertz CT molecular complexity index is 1110. The van der Waals surface area contributed by atoms with Crippen molar-refractivity contribution in [2.24, 2.45) is 0 Å². The maximum Gasteiger partial charge on any atom is 0.262 e. The van der Waals surface area contributed by atoms with E-state index in [1.807, 2.05) is 13.0 Å². The summed E-state index contributed by atoms with van der Waals surface area (Å²) >= 11 is 1.36. The molecule has 0 aliphatic rings.